The SMILES string of the molecule is O=C(CCNC(=O)C12CC3CC(CC(C3)C1)C2)Nc1cccc(Cl)c1. The standard InChI is InChI=1S/C20H25ClN2O2/c21-16-2-1-3-17(9-16)23-18(24)4-5-22-19(25)20-10-13-6-14(11-20)8-15(7-13)12-20/h1-3,9,13-15H,4-8,10-12H2,(H,22,25)(H,23,24). The third kappa shape index (κ3) is 3.55. The highest BCUT2D eigenvalue weighted by atomic mass is 35.5. The van der Waals surface area contributed by atoms with E-state index in [0.717, 1.165) is 37.0 Å². The van der Waals surface area contributed by atoms with Gasteiger partial charge in [-0.25, -0.2) is 0 Å². The topological polar surface area (TPSA) is 58.2 Å². The molecule has 4 nitrogen and oxygen atoms in total. The van der Waals surface area contributed by atoms with Crippen LogP contribution in [0.4, 0.5) is 5.69 Å². The van der Waals surface area contributed by atoms with E-state index < -0.39 is 0 Å². The fourth-order valence-electron chi connectivity index (χ4n) is 5.66. The minimum absolute atomic E-state index is 0.104. The third-order valence-electron chi connectivity index (χ3n) is 6.27. The molecule has 5 heteroatoms. The van der Waals surface area contributed by atoms with E-state index in [1.165, 1.54) is 19.3 Å². The van der Waals surface area contributed by atoms with Crippen LogP contribution in [0.3, 0.4) is 0 Å². The van der Waals surface area contributed by atoms with Crippen LogP contribution in [0.25, 0.3) is 0 Å². The van der Waals surface area contributed by atoms with Crippen LogP contribution in [-0.2, 0) is 9.59 Å². The van der Waals surface area contributed by atoms with Crippen molar-refractivity contribution in [1.82, 2.24) is 5.32 Å². The summed E-state index contributed by atoms with van der Waals surface area (Å²) in [6.07, 6.45) is 7.43. The van der Waals surface area contributed by atoms with Crippen molar-refractivity contribution in [3.63, 3.8) is 0 Å². The number of anilines is 1. The Hall–Kier alpha value is -1.55. The van der Waals surface area contributed by atoms with E-state index >= 15 is 0 Å². The first kappa shape index (κ1) is 16.9. The van der Waals surface area contributed by atoms with Gasteiger partial charge in [0.05, 0.1) is 0 Å². The van der Waals surface area contributed by atoms with Crippen molar-refractivity contribution >= 4 is 29.1 Å². The summed E-state index contributed by atoms with van der Waals surface area (Å²) in [5, 5.41) is 6.45. The zero-order chi connectivity index (χ0) is 17.4. The van der Waals surface area contributed by atoms with Crippen LogP contribution in [-0.4, -0.2) is 18.4 Å². The largest absolute Gasteiger partial charge is 0.355 e. The summed E-state index contributed by atoms with van der Waals surface area (Å²) in [4.78, 5) is 24.9. The second kappa shape index (κ2) is 6.64. The highest BCUT2D eigenvalue weighted by molar-refractivity contribution is 6.30. The highest BCUT2D eigenvalue weighted by Gasteiger charge is 2.54. The van der Waals surface area contributed by atoms with E-state index in [0.29, 0.717) is 17.3 Å². The van der Waals surface area contributed by atoms with Crippen molar-refractivity contribution in [2.24, 2.45) is 23.2 Å². The van der Waals surface area contributed by atoms with Crippen LogP contribution >= 0.6 is 11.6 Å². The summed E-state index contributed by atoms with van der Waals surface area (Å²) in [6, 6.07) is 7.08. The van der Waals surface area contributed by atoms with E-state index in [9.17, 15) is 9.59 Å². The summed E-state index contributed by atoms with van der Waals surface area (Å²) < 4.78 is 0. The number of amides is 2. The molecule has 4 bridgehead atoms. The first-order chi connectivity index (χ1) is 12.0. The summed E-state index contributed by atoms with van der Waals surface area (Å²) in [5.74, 6) is 2.34. The molecule has 0 aromatic heterocycles. The van der Waals surface area contributed by atoms with Gasteiger partial charge in [-0.15, -0.1) is 0 Å². The predicted octanol–water partition coefficient (Wildman–Crippen LogP) is 4.00. The van der Waals surface area contributed by atoms with Crippen LogP contribution in [0.2, 0.25) is 5.02 Å². The van der Waals surface area contributed by atoms with Gasteiger partial charge in [0.25, 0.3) is 0 Å². The minimum atomic E-state index is -0.141. The van der Waals surface area contributed by atoms with Crippen molar-refractivity contribution in [2.45, 2.75) is 44.9 Å². The number of rotatable bonds is 5. The molecule has 0 saturated heterocycles. The second-order valence-corrected chi connectivity index (χ2v) is 8.70. The number of carbonyl (C=O) groups excluding carboxylic acids is 2. The monoisotopic (exact) mass is 360 g/mol. The third-order valence-corrected chi connectivity index (χ3v) is 6.50. The first-order valence-electron chi connectivity index (χ1n) is 9.36. The summed E-state index contributed by atoms with van der Waals surface area (Å²) in [5.41, 5.74) is 0.544. The quantitative estimate of drug-likeness (QED) is 0.833. The lowest BCUT2D eigenvalue weighted by Gasteiger charge is -2.55. The van der Waals surface area contributed by atoms with E-state index in [4.69, 9.17) is 11.6 Å². The zero-order valence-corrected chi connectivity index (χ0v) is 15.1. The van der Waals surface area contributed by atoms with Crippen LogP contribution in [0.1, 0.15) is 44.9 Å². The Labute approximate surface area is 153 Å². The average Bonchev–Trinajstić information content (AvgIpc) is 2.53. The van der Waals surface area contributed by atoms with Crippen molar-refractivity contribution in [2.75, 3.05) is 11.9 Å². The Bertz CT molecular complexity index is 653. The van der Waals surface area contributed by atoms with Gasteiger partial charge < -0.3 is 10.6 Å². The number of halogens is 1. The molecule has 4 saturated carbocycles. The van der Waals surface area contributed by atoms with Crippen molar-refractivity contribution in [3.05, 3.63) is 29.3 Å². The molecule has 0 heterocycles. The van der Waals surface area contributed by atoms with E-state index in [1.54, 1.807) is 24.3 Å². The molecular formula is C20H25ClN2O2. The number of benzene rings is 1. The Morgan fingerprint density at radius 3 is 2.32 bits per heavy atom. The fraction of sp³-hybridized carbons (Fsp3) is 0.600. The molecule has 0 unspecified atom stereocenters. The molecule has 4 aliphatic carbocycles. The Morgan fingerprint density at radius 2 is 1.72 bits per heavy atom. The van der Waals surface area contributed by atoms with Gasteiger partial charge in [-0.1, -0.05) is 17.7 Å². The number of carbonyl (C=O) groups is 2. The van der Waals surface area contributed by atoms with Crippen molar-refractivity contribution in [1.29, 1.82) is 0 Å². The molecule has 1 aromatic carbocycles. The second-order valence-electron chi connectivity index (χ2n) is 8.26. The molecule has 134 valence electrons. The highest BCUT2D eigenvalue weighted by Crippen LogP contribution is 2.60. The fourth-order valence-corrected chi connectivity index (χ4v) is 5.85. The first-order valence-corrected chi connectivity index (χ1v) is 9.74. The van der Waals surface area contributed by atoms with E-state index in [2.05, 4.69) is 10.6 Å². The van der Waals surface area contributed by atoms with Gasteiger partial charge in [-0.3, -0.25) is 9.59 Å². The minimum Gasteiger partial charge on any atom is -0.355 e. The lowest BCUT2D eigenvalue weighted by Crippen LogP contribution is -2.53. The Kier molecular flexibility index (Phi) is 4.48. The molecule has 0 radical (unpaired) electrons. The molecule has 5 rings (SSSR count). The summed E-state index contributed by atoms with van der Waals surface area (Å²) in [7, 11) is 0. The van der Waals surface area contributed by atoms with Crippen LogP contribution in [0, 0.1) is 23.2 Å². The molecule has 0 aliphatic heterocycles. The van der Waals surface area contributed by atoms with Gasteiger partial charge in [0.15, 0.2) is 0 Å². The van der Waals surface area contributed by atoms with Gasteiger partial charge in [0.2, 0.25) is 11.8 Å². The maximum Gasteiger partial charge on any atom is 0.226 e. The Morgan fingerprint density at radius 1 is 1.08 bits per heavy atom. The molecule has 0 atom stereocenters. The Balaban J connectivity index is 1.27. The maximum atomic E-state index is 12.8. The normalized spacial score (nSPS) is 32.4. The van der Waals surface area contributed by atoms with Crippen LogP contribution < -0.4 is 10.6 Å². The average molecular weight is 361 g/mol. The van der Waals surface area contributed by atoms with E-state index in [1.807, 2.05) is 0 Å². The number of hydrogen-bond acceptors (Lipinski definition) is 2. The molecule has 2 amide bonds. The van der Waals surface area contributed by atoms with Gasteiger partial charge >= 0.3 is 0 Å². The van der Waals surface area contributed by atoms with Gasteiger partial charge in [-0.2, -0.15) is 0 Å². The zero-order valence-electron chi connectivity index (χ0n) is 14.4. The number of hydrogen-bond donors (Lipinski definition) is 2. The lowest BCUT2D eigenvalue weighted by atomic mass is 9.49. The van der Waals surface area contributed by atoms with Gasteiger partial charge in [0.1, 0.15) is 0 Å². The summed E-state index contributed by atoms with van der Waals surface area (Å²) >= 11 is 5.92. The number of nitrogens with one attached hydrogen (secondary N) is 2. The smallest absolute Gasteiger partial charge is 0.226 e. The predicted molar refractivity (Wildman–Crippen MR) is 98.3 cm³/mol. The van der Waals surface area contributed by atoms with Crippen molar-refractivity contribution < 1.29 is 9.59 Å². The van der Waals surface area contributed by atoms with Crippen molar-refractivity contribution in [3.8, 4) is 0 Å². The molecule has 25 heavy (non-hydrogen) atoms. The van der Waals surface area contributed by atoms with Crippen LogP contribution in [0.5, 0.6) is 0 Å². The molecule has 1 aromatic rings. The molecular weight excluding hydrogens is 336 g/mol. The maximum absolute atomic E-state index is 12.8. The van der Waals surface area contributed by atoms with Gasteiger partial charge in [-0.05, 0) is 74.5 Å². The molecule has 0 spiro atoms. The van der Waals surface area contributed by atoms with E-state index in [-0.39, 0.29) is 23.7 Å². The molecule has 4 fully saturated rings. The van der Waals surface area contributed by atoms with Crippen LogP contribution in [0.15, 0.2) is 24.3 Å². The summed E-state index contributed by atoms with van der Waals surface area (Å²) in [6.45, 7) is 0.396. The lowest BCUT2D eigenvalue weighted by molar-refractivity contribution is -0.146. The van der Waals surface area contributed by atoms with Gasteiger partial charge in [0, 0.05) is 29.1 Å². The molecule has 4 aliphatic rings. The molecule has 2 N–H and O–H groups in total.